The summed E-state index contributed by atoms with van der Waals surface area (Å²) < 4.78 is 16.0. The highest BCUT2D eigenvalue weighted by Gasteiger charge is 2.04. The van der Waals surface area contributed by atoms with Gasteiger partial charge in [-0.1, -0.05) is 12.1 Å². The standard InChI is InChI=1S/C17H24N4O3/c1-4-13-11-16(24-21-13)12-20-17(18-2)19-9-10-23-15-7-5-14(22-3)6-8-15/h5-8,11H,4,9-10,12H2,1-3H3,(H2,18,19,20). The van der Waals surface area contributed by atoms with Crippen molar-refractivity contribution in [3.05, 3.63) is 41.8 Å². The number of ether oxygens (including phenoxy) is 2. The molecule has 0 saturated heterocycles. The highest BCUT2D eigenvalue weighted by atomic mass is 16.5. The zero-order valence-electron chi connectivity index (χ0n) is 14.3. The van der Waals surface area contributed by atoms with E-state index in [4.69, 9.17) is 14.0 Å². The molecule has 24 heavy (non-hydrogen) atoms. The van der Waals surface area contributed by atoms with E-state index in [1.54, 1.807) is 14.2 Å². The van der Waals surface area contributed by atoms with Crippen molar-refractivity contribution in [3.8, 4) is 11.5 Å². The molecule has 1 aromatic carbocycles. The zero-order valence-corrected chi connectivity index (χ0v) is 14.3. The summed E-state index contributed by atoms with van der Waals surface area (Å²) >= 11 is 0. The third kappa shape index (κ3) is 5.49. The highest BCUT2D eigenvalue weighted by Crippen LogP contribution is 2.16. The van der Waals surface area contributed by atoms with Crippen LogP contribution >= 0.6 is 0 Å². The van der Waals surface area contributed by atoms with Crippen LogP contribution in [0.15, 0.2) is 39.8 Å². The lowest BCUT2D eigenvalue weighted by molar-refractivity contribution is 0.320. The quantitative estimate of drug-likeness (QED) is 0.437. The van der Waals surface area contributed by atoms with Crippen LogP contribution in [0.2, 0.25) is 0 Å². The summed E-state index contributed by atoms with van der Waals surface area (Å²) in [6.07, 6.45) is 0.860. The van der Waals surface area contributed by atoms with Gasteiger partial charge in [0.15, 0.2) is 11.7 Å². The van der Waals surface area contributed by atoms with Crippen LogP contribution in [-0.2, 0) is 13.0 Å². The van der Waals surface area contributed by atoms with Crippen LogP contribution in [0.25, 0.3) is 0 Å². The molecule has 1 aromatic heterocycles. The molecule has 0 unspecified atom stereocenters. The van der Waals surface area contributed by atoms with Crippen LogP contribution in [0.1, 0.15) is 18.4 Å². The third-order valence-electron chi connectivity index (χ3n) is 3.35. The minimum Gasteiger partial charge on any atom is -0.497 e. The Morgan fingerprint density at radius 3 is 2.58 bits per heavy atom. The van der Waals surface area contributed by atoms with E-state index in [9.17, 15) is 0 Å². The second-order valence-electron chi connectivity index (χ2n) is 5.01. The molecule has 0 atom stereocenters. The van der Waals surface area contributed by atoms with Gasteiger partial charge in [-0.2, -0.15) is 0 Å². The van der Waals surface area contributed by atoms with Gasteiger partial charge >= 0.3 is 0 Å². The van der Waals surface area contributed by atoms with Crippen molar-refractivity contribution in [2.24, 2.45) is 4.99 Å². The van der Waals surface area contributed by atoms with Crippen molar-refractivity contribution in [1.82, 2.24) is 15.8 Å². The number of rotatable bonds is 8. The van der Waals surface area contributed by atoms with E-state index < -0.39 is 0 Å². The van der Waals surface area contributed by atoms with Crippen LogP contribution in [0.3, 0.4) is 0 Å². The molecule has 1 heterocycles. The molecule has 0 spiro atoms. The number of aliphatic imine (C=N–C) groups is 1. The molecule has 2 rings (SSSR count). The van der Waals surface area contributed by atoms with Crippen molar-refractivity contribution in [3.63, 3.8) is 0 Å². The van der Waals surface area contributed by atoms with Crippen LogP contribution in [0.5, 0.6) is 11.5 Å². The topological polar surface area (TPSA) is 80.9 Å². The Balaban J connectivity index is 1.67. The summed E-state index contributed by atoms with van der Waals surface area (Å²) in [7, 11) is 3.36. The number of nitrogens with one attached hydrogen (secondary N) is 2. The molecule has 0 aliphatic heterocycles. The van der Waals surface area contributed by atoms with E-state index in [-0.39, 0.29) is 0 Å². The fraction of sp³-hybridized carbons (Fsp3) is 0.412. The molecular formula is C17H24N4O3. The second-order valence-corrected chi connectivity index (χ2v) is 5.01. The SMILES string of the molecule is CCc1cc(CNC(=NC)NCCOc2ccc(OC)cc2)on1. The van der Waals surface area contributed by atoms with Crippen molar-refractivity contribution in [2.75, 3.05) is 27.3 Å². The number of aromatic nitrogens is 1. The Hall–Kier alpha value is -2.70. The Bertz CT molecular complexity index is 638. The molecule has 0 saturated carbocycles. The summed E-state index contributed by atoms with van der Waals surface area (Å²) in [5, 5.41) is 10.3. The van der Waals surface area contributed by atoms with Crippen molar-refractivity contribution in [2.45, 2.75) is 19.9 Å². The molecule has 7 nitrogen and oxygen atoms in total. The number of methoxy groups -OCH3 is 1. The minimum absolute atomic E-state index is 0.523. The van der Waals surface area contributed by atoms with Gasteiger partial charge in [0.2, 0.25) is 0 Å². The number of nitrogens with zero attached hydrogens (tertiary/aromatic N) is 2. The molecular weight excluding hydrogens is 308 g/mol. The Morgan fingerprint density at radius 2 is 1.96 bits per heavy atom. The minimum atomic E-state index is 0.523. The van der Waals surface area contributed by atoms with E-state index in [0.29, 0.717) is 25.7 Å². The van der Waals surface area contributed by atoms with Crippen LogP contribution in [0, 0.1) is 0 Å². The van der Waals surface area contributed by atoms with E-state index in [0.717, 1.165) is 29.4 Å². The summed E-state index contributed by atoms with van der Waals surface area (Å²) in [4.78, 5) is 4.16. The van der Waals surface area contributed by atoms with E-state index in [2.05, 4.69) is 20.8 Å². The van der Waals surface area contributed by atoms with Gasteiger partial charge in [-0.3, -0.25) is 4.99 Å². The molecule has 7 heteroatoms. The average Bonchev–Trinajstić information content (AvgIpc) is 3.09. The number of benzene rings is 1. The predicted molar refractivity (Wildman–Crippen MR) is 92.6 cm³/mol. The second kappa shape index (κ2) is 9.44. The Kier molecular flexibility index (Phi) is 6.94. The van der Waals surface area contributed by atoms with E-state index >= 15 is 0 Å². The van der Waals surface area contributed by atoms with Gasteiger partial charge in [0, 0.05) is 13.1 Å². The molecule has 130 valence electrons. The maximum atomic E-state index is 5.65. The Labute approximate surface area is 142 Å². The van der Waals surface area contributed by atoms with Crippen LogP contribution < -0.4 is 20.1 Å². The summed E-state index contributed by atoms with van der Waals surface area (Å²) in [5.74, 6) is 3.07. The fourth-order valence-corrected chi connectivity index (χ4v) is 2.01. The molecule has 0 aliphatic rings. The van der Waals surface area contributed by atoms with E-state index in [1.807, 2.05) is 37.3 Å². The van der Waals surface area contributed by atoms with Crippen LogP contribution in [-0.4, -0.2) is 38.4 Å². The largest absolute Gasteiger partial charge is 0.497 e. The fourth-order valence-electron chi connectivity index (χ4n) is 2.01. The van der Waals surface area contributed by atoms with E-state index in [1.165, 1.54) is 0 Å². The van der Waals surface area contributed by atoms with Gasteiger partial charge in [-0.25, -0.2) is 0 Å². The molecule has 0 aliphatic carbocycles. The van der Waals surface area contributed by atoms with Crippen molar-refractivity contribution in [1.29, 1.82) is 0 Å². The van der Waals surface area contributed by atoms with Gasteiger partial charge in [0.25, 0.3) is 0 Å². The monoisotopic (exact) mass is 332 g/mol. The first-order valence-electron chi connectivity index (χ1n) is 7.91. The molecule has 0 radical (unpaired) electrons. The zero-order chi connectivity index (χ0) is 17.2. The van der Waals surface area contributed by atoms with Gasteiger partial charge in [0.1, 0.15) is 18.1 Å². The van der Waals surface area contributed by atoms with Crippen molar-refractivity contribution < 1.29 is 14.0 Å². The normalized spacial score (nSPS) is 11.2. The lowest BCUT2D eigenvalue weighted by Crippen LogP contribution is -2.38. The molecule has 0 bridgehead atoms. The molecule has 0 fully saturated rings. The van der Waals surface area contributed by atoms with Crippen LogP contribution in [0.4, 0.5) is 0 Å². The lowest BCUT2D eigenvalue weighted by atomic mass is 10.3. The molecule has 0 amide bonds. The Morgan fingerprint density at radius 1 is 1.21 bits per heavy atom. The third-order valence-corrected chi connectivity index (χ3v) is 3.35. The number of aryl methyl sites for hydroxylation is 1. The smallest absolute Gasteiger partial charge is 0.191 e. The molecule has 2 aromatic rings. The van der Waals surface area contributed by atoms with Gasteiger partial charge in [0.05, 0.1) is 25.9 Å². The van der Waals surface area contributed by atoms with Crippen molar-refractivity contribution >= 4 is 5.96 Å². The average molecular weight is 332 g/mol. The van der Waals surface area contributed by atoms with Gasteiger partial charge in [-0.05, 0) is 30.7 Å². The highest BCUT2D eigenvalue weighted by molar-refractivity contribution is 5.79. The maximum absolute atomic E-state index is 5.65. The number of hydrogen-bond donors (Lipinski definition) is 2. The first kappa shape index (κ1) is 17.7. The maximum Gasteiger partial charge on any atom is 0.191 e. The first-order chi connectivity index (χ1) is 11.7. The number of hydrogen-bond acceptors (Lipinski definition) is 5. The number of guanidine groups is 1. The summed E-state index contributed by atoms with van der Waals surface area (Å²) in [5.41, 5.74) is 0.947. The molecule has 2 N–H and O–H groups in total. The lowest BCUT2D eigenvalue weighted by Gasteiger charge is -2.11. The summed E-state index contributed by atoms with van der Waals surface area (Å²) in [6, 6.07) is 9.42. The predicted octanol–water partition coefficient (Wildman–Crippen LogP) is 1.99. The first-order valence-corrected chi connectivity index (χ1v) is 7.91. The summed E-state index contributed by atoms with van der Waals surface area (Å²) in [6.45, 7) is 3.72. The van der Waals surface area contributed by atoms with Gasteiger partial charge in [-0.15, -0.1) is 0 Å². The van der Waals surface area contributed by atoms with Gasteiger partial charge < -0.3 is 24.6 Å².